The zero-order valence-corrected chi connectivity index (χ0v) is 11.9. The summed E-state index contributed by atoms with van der Waals surface area (Å²) in [7, 11) is 0. The molecule has 2 N–H and O–H groups in total. The monoisotopic (exact) mass is 325 g/mol. The number of nitrogens with one attached hydrogen (secondary N) is 1. The van der Waals surface area contributed by atoms with E-state index in [1.54, 1.807) is 18.2 Å². The van der Waals surface area contributed by atoms with Crippen LogP contribution in [0.4, 0.5) is 18.9 Å². The summed E-state index contributed by atoms with van der Waals surface area (Å²) >= 11 is 0. The van der Waals surface area contributed by atoms with Crippen molar-refractivity contribution in [1.29, 1.82) is 0 Å². The van der Waals surface area contributed by atoms with Crippen LogP contribution in [-0.2, 0) is 11.2 Å². The molecule has 0 heterocycles. The van der Waals surface area contributed by atoms with Gasteiger partial charge in [-0.2, -0.15) is 13.2 Å². The van der Waals surface area contributed by atoms with E-state index in [4.69, 9.17) is 4.74 Å². The fourth-order valence-corrected chi connectivity index (χ4v) is 1.85. The Morgan fingerprint density at radius 1 is 1.09 bits per heavy atom. The van der Waals surface area contributed by atoms with Crippen molar-refractivity contribution < 1.29 is 27.8 Å². The van der Waals surface area contributed by atoms with Crippen LogP contribution in [0.2, 0.25) is 0 Å². The molecule has 0 aliphatic heterocycles. The second-order valence-corrected chi connectivity index (χ2v) is 4.79. The van der Waals surface area contributed by atoms with Crippen LogP contribution in [-0.4, -0.2) is 23.8 Å². The highest BCUT2D eigenvalue weighted by atomic mass is 19.4. The first kappa shape index (κ1) is 16.7. The molecule has 4 nitrogen and oxygen atoms in total. The Labute approximate surface area is 130 Å². The lowest BCUT2D eigenvalue weighted by atomic mass is 10.1. The number of para-hydroxylation sites is 2. The van der Waals surface area contributed by atoms with Crippen molar-refractivity contribution >= 4 is 11.6 Å². The van der Waals surface area contributed by atoms with Crippen LogP contribution in [0.25, 0.3) is 0 Å². The minimum Gasteiger partial charge on any atom is -0.508 e. The lowest BCUT2D eigenvalue weighted by Crippen LogP contribution is -2.20. The first-order chi connectivity index (χ1) is 10.8. The fourth-order valence-electron chi connectivity index (χ4n) is 1.85. The average Bonchev–Trinajstić information content (AvgIpc) is 2.48. The van der Waals surface area contributed by atoms with Gasteiger partial charge < -0.3 is 15.2 Å². The van der Waals surface area contributed by atoms with Crippen molar-refractivity contribution in [1.82, 2.24) is 0 Å². The van der Waals surface area contributed by atoms with Crippen molar-refractivity contribution in [2.75, 3.05) is 11.9 Å². The summed E-state index contributed by atoms with van der Waals surface area (Å²) < 4.78 is 41.4. The van der Waals surface area contributed by atoms with Crippen LogP contribution in [0.1, 0.15) is 5.56 Å². The Balaban J connectivity index is 2.01. The highest BCUT2D eigenvalue weighted by Crippen LogP contribution is 2.26. The lowest BCUT2D eigenvalue weighted by molar-refractivity contribution is -0.153. The topological polar surface area (TPSA) is 58.6 Å². The predicted molar refractivity (Wildman–Crippen MR) is 78.4 cm³/mol. The molecule has 0 atom stereocenters. The Bertz CT molecular complexity index is 669. The van der Waals surface area contributed by atoms with Gasteiger partial charge in [-0.05, 0) is 29.8 Å². The number of hydrogen-bond donors (Lipinski definition) is 2. The smallest absolute Gasteiger partial charge is 0.422 e. The van der Waals surface area contributed by atoms with Crippen LogP contribution >= 0.6 is 0 Å². The maximum absolute atomic E-state index is 12.2. The summed E-state index contributed by atoms with van der Waals surface area (Å²) in [5, 5.41) is 11.7. The molecule has 0 saturated heterocycles. The first-order valence-electron chi connectivity index (χ1n) is 6.70. The lowest BCUT2D eigenvalue weighted by Gasteiger charge is -2.13. The van der Waals surface area contributed by atoms with E-state index in [0.29, 0.717) is 5.56 Å². The molecule has 0 aliphatic carbocycles. The summed E-state index contributed by atoms with van der Waals surface area (Å²) in [5.41, 5.74) is 0.828. The van der Waals surface area contributed by atoms with E-state index in [2.05, 4.69) is 5.32 Å². The van der Waals surface area contributed by atoms with Crippen LogP contribution in [0.15, 0.2) is 48.5 Å². The third kappa shape index (κ3) is 5.54. The highest BCUT2D eigenvalue weighted by molar-refractivity contribution is 5.93. The molecule has 2 aromatic rings. The van der Waals surface area contributed by atoms with Crippen LogP contribution in [0.5, 0.6) is 11.5 Å². The zero-order valence-electron chi connectivity index (χ0n) is 11.9. The molecule has 0 radical (unpaired) electrons. The van der Waals surface area contributed by atoms with E-state index < -0.39 is 18.7 Å². The molecular formula is C16H14F3NO3. The van der Waals surface area contributed by atoms with Gasteiger partial charge >= 0.3 is 6.18 Å². The van der Waals surface area contributed by atoms with Crippen molar-refractivity contribution in [3.63, 3.8) is 0 Å². The molecule has 122 valence electrons. The number of amides is 1. The number of carbonyl (C=O) groups is 1. The van der Waals surface area contributed by atoms with E-state index in [9.17, 15) is 23.1 Å². The number of ether oxygens (including phenoxy) is 1. The second kappa shape index (κ2) is 7.04. The number of carbonyl (C=O) groups excluding carboxylic acids is 1. The SMILES string of the molecule is O=C(Cc1ccc(O)cc1)Nc1ccccc1OCC(F)(F)F. The highest BCUT2D eigenvalue weighted by Gasteiger charge is 2.28. The quantitative estimate of drug-likeness (QED) is 0.884. The number of alkyl halides is 3. The van der Waals surface area contributed by atoms with Crippen LogP contribution in [0, 0.1) is 0 Å². The molecule has 2 aromatic carbocycles. The summed E-state index contributed by atoms with van der Waals surface area (Å²) in [4.78, 5) is 12.0. The Hall–Kier alpha value is -2.70. The maximum atomic E-state index is 12.2. The fraction of sp³-hybridized carbons (Fsp3) is 0.188. The number of hydrogen-bond acceptors (Lipinski definition) is 3. The van der Waals surface area contributed by atoms with Gasteiger partial charge in [0.15, 0.2) is 6.61 Å². The number of aromatic hydroxyl groups is 1. The number of halogens is 3. The molecule has 23 heavy (non-hydrogen) atoms. The van der Waals surface area contributed by atoms with Gasteiger partial charge in [-0.3, -0.25) is 4.79 Å². The first-order valence-corrected chi connectivity index (χ1v) is 6.70. The number of phenols is 1. The average molecular weight is 325 g/mol. The Morgan fingerprint density at radius 2 is 1.74 bits per heavy atom. The predicted octanol–water partition coefficient (Wildman–Crippen LogP) is 3.51. The largest absolute Gasteiger partial charge is 0.508 e. The molecule has 1 amide bonds. The molecule has 0 aliphatic rings. The number of anilines is 1. The number of benzene rings is 2. The van der Waals surface area contributed by atoms with Crippen molar-refractivity contribution in [2.45, 2.75) is 12.6 Å². The number of phenolic OH excluding ortho intramolecular Hbond substituents is 1. The van der Waals surface area contributed by atoms with Crippen molar-refractivity contribution in [3.8, 4) is 11.5 Å². The van der Waals surface area contributed by atoms with Gasteiger partial charge in [0.2, 0.25) is 5.91 Å². The van der Waals surface area contributed by atoms with E-state index in [1.807, 2.05) is 0 Å². The molecule has 0 bridgehead atoms. The van der Waals surface area contributed by atoms with E-state index in [1.165, 1.54) is 30.3 Å². The molecule has 0 saturated carbocycles. The standard InChI is InChI=1S/C16H14F3NO3/c17-16(18,19)10-23-14-4-2-1-3-13(14)20-15(22)9-11-5-7-12(21)8-6-11/h1-8,21H,9-10H2,(H,20,22). The summed E-state index contributed by atoms with van der Waals surface area (Å²) in [6, 6.07) is 12.0. The molecule has 7 heteroatoms. The third-order valence-corrected chi connectivity index (χ3v) is 2.85. The van der Waals surface area contributed by atoms with E-state index in [0.717, 1.165) is 0 Å². The van der Waals surface area contributed by atoms with Crippen molar-refractivity contribution in [2.24, 2.45) is 0 Å². The van der Waals surface area contributed by atoms with Crippen molar-refractivity contribution in [3.05, 3.63) is 54.1 Å². The Morgan fingerprint density at radius 3 is 2.39 bits per heavy atom. The molecule has 0 unspecified atom stereocenters. The molecule has 0 aromatic heterocycles. The van der Waals surface area contributed by atoms with Gasteiger partial charge in [-0.25, -0.2) is 0 Å². The second-order valence-electron chi connectivity index (χ2n) is 4.79. The number of rotatable bonds is 5. The Kier molecular flexibility index (Phi) is 5.10. The van der Waals surface area contributed by atoms with Crippen LogP contribution < -0.4 is 10.1 Å². The summed E-state index contributed by atoms with van der Waals surface area (Å²) in [6.45, 7) is -1.43. The summed E-state index contributed by atoms with van der Waals surface area (Å²) in [5.74, 6) is -0.373. The minimum absolute atomic E-state index is 0.0217. The van der Waals surface area contributed by atoms with Gasteiger partial charge in [-0.15, -0.1) is 0 Å². The molecule has 0 spiro atoms. The van der Waals surface area contributed by atoms with Gasteiger partial charge in [0.25, 0.3) is 0 Å². The van der Waals surface area contributed by atoms with Gasteiger partial charge in [-0.1, -0.05) is 24.3 Å². The minimum atomic E-state index is -4.46. The zero-order chi connectivity index (χ0) is 16.9. The maximum Gasteiger partial charge on any atom is 0.422 e. The van der Waals surface area contributed by atoms with E-state index >= 15 is 0 Å². The van der Waals surface area contributed by atoms with E-state index in [-0.39, 0.29) is 23.6 Å². The van der Waals surface area contributed by atoms with Crippen LogP contribution in [0.3, 0.4) is 0 Å². The van der Waals surface area contributed by atoms with Gasteiger partial charge in [0.1, 0.15) is 11.5 Å². The van der Waals surface area contributed by atoms with Gasteiger partial charge in [0, 0.05) is 0 Å². The van der Waals surface area contributed by atoms with Gasteiger partial charge in [0.05, 0.1) is 12.1 Å². The molecular weight excluding hydrogens is 311 g/mol. The molecule has 0 fully saturated rings. The third-order valence-electron chi connectivity index (χ3n) is 2.85. The summed E-state index contributed by atoms with van der Waals surface area (Å²) in [6.07, 6.45) is -4.43. The molecule has 2 rings (SSSR count). The normalized spacial score (nSPS) is 11.1.